The molecule has 0 saturated carbocycles. The van der Waals surface area contributed by atoms with Gasteiger partial charge in [0.2, 0.25) is 0 Å². The molecule has 2 nitrogen and oxygen atoms in total. The molecular formula is C7H18O2Si. The van der Waals surface area contributed by atoms with Gasteiger partial charge < -0.3 is 0 Å². The number of hydrogen-bond acceptors (Lipinski definition) is 2. The molecule has 0 aromatic heterocycles. The molecule has 0 fully saturated rings. The first kappa shape index (κ1) is 10.1. The predicted molar refractivity (Wildman–Crippen MR) is 45.6 cm³/mol. The van der Waals surface area contributed by atoms with Crippen molar-refractivity contribution in [3.05, 3.63) is 0 Å². The van der Waals surface area contributed by atoms with Crippen LogP contribution in [0.25, 0.3) is 0 Å². The normalized spacial score (nSPS) is 14.1. The Balaban J connectivity index is 4.10. The summed E-state index contributed by atoms with van der Waals surface area (Å²) in [5, 5.41) is 0. The summed E-state index contributed by atoms with van der Waals surface area (Å²) in [5.41, 5.74) is -0.0772. The van der Waals surface area contributed by atoms with Gasteiger partial charge in [0.05, 0.1) is 0 Å². The standard InChI is InChI=1S/C7H18O2Si/c1-6(2,3)7(4,5)8-9-10/h1-5,10H3. The second-order valence-corrected chi connectivity index (χ2v) is 4.34. The van der Waals surface area contributed by atoms with E-state index in [9.17, 15) is 0 Å². The van der Waals surface area contributed by atoms with E-state index in [4.69, 9.17) is 9.46 Å². The van der Waals surface area contributed by atoms with Crippen molar-refractivity contribution in [2.24, 2.45) is 5.41 Å². The van der Waals surface area contributed by atoms with E-state index in [-0.39, 0.29) is 11.0 Å². The van der Waals surface area contributed by atoms with Gasteiger partial charge >= 0.3 is 0 Å². The van der Waals surface area contributed by atoms with E-state index < -0.39 is 0 Å². The molecule has 62 valence electrons. The summed E-state index contributed by atoms with van der Waals surface area (Å²) in [4.78, 5) is 5.16. The van der Waals surface area contributed by atoms with Crippen LogP contribution < -0.4 is 0 Å². The molecule has 0 saturated heterocycles. The summed E-state index contributed by atoms with van der Waals surface area (Å²) in [6, 6.07) is 0. The third-order valence-corrected chi connectivity index (χ3v) is 2.26. The monoisotopic (exact) mass is 162 g/mol. The van der Waals surface area contributed by atoms with Crippen LogP contribution in [-0.4, -0.2) is 16.1 Å². The molecule has 0 aliphatic carbocycles. The Kier molecular flexibility index (Phi) is 3.07. The minimum Gasteiger partial charge on any atom is -0.298 e. The van der Waals surface area contributed by atoms with Gasteiger partial charge in [-0.2, -0.15) is 0 Å². The lowest BCUT2D eigenvalue weighted by molar-refractivity contribution is -0.307. The van der Waals surface area contributed by atoms with Gasteiger partial charge in [-0.25, -0.2) is 4.89 Å². The van der Waals surface area contributed by atoms with Crippen molar-refractivity contribution in [3.63, 3.8) is 0 Å². The first-order chi connectivity index (χ1) is 4.31. The summed E-state index contributed by atoms with van der Waals surface area (Å²) >= 11 is 0. The van der Waals surface area contributed by atoms with Crippen molar-refractivity contribution in [1.29, 1.82) is 0 Å². The third-order valence-electron chi connectivity index (χ3n) is 2.10. The highest BCUT2D eigenvalue weighted by Gasteiger charge is 2.34. The largest absolute Gasteiger partial charge is 0.298 e. The lowest BCUT2D eigenvalue weighted by atomic mass is 9.79. The van der Waals surface area contributed by atoms with Gasteiger partial charge in [0.15, 0.2) is 10.5 Å². The predicted octanol–water partition coefficient (Wildman–Crippen LogP) is 1.04. The first-order valence-electron chi connectivity index (χ1n) is 3.53. The molecule has 3 heteroatoms. The highest BCUT2D eigenvalue weighted by molar-refractivity contribution is 5.97. The SMILES string of the molecule is CC(C)(C)C(C)(C)OO[SiH3]. The maximum atomic E-state index is 5.16. The molecule has 0 aliphatic heterocycles. The van der Waals surface area contributed by atoms with E-state index in [1.54, 1.807) is 0 Å². The minimum absolute atomic E-state index is 0.122. The Morgan fingerprint density at radius 2 is 1.40 bits per heavy atom. The van der Waals surface area contributed by atoms with Crippen molar-refractivity contribution in [2.45, 2.75) is 40.2 Å². The lowest BCUT2D eigenvalue weighted by Crippen LogP contribution is -2.39. The molecular weight excluding hydrogens is 144 g/mol. The number of hydrogen-bond donors (Lipinski definition) is 0. The third kappa shape index (κ3) is 2.40. The zero-order valence-corrected chi connectivity index (χ0v) is 9.82. The first-order valence-corrected chi connectivity index (χ1v) is 4.35. The Hall–Kier alpha value is 0.137. The van der Waals surface area contributed by atoms with Crippen LogP contribution in [-0.2, 0) is 9.46 Å². The van der Waals surface area contributed by atoms with E-state index in [1.807, 2.05) is 13.8 Å². The average molecular weight is 162 g/mol. The second-order valence-electron chi connectivity index (χ2n) is 4.01. The zero-order valence-electron chi connectivity index (χ0n) is 7.82. The molecule has 0 bridgehead atoms. The summed E-state index contributed by atoms with van der Waals surface area (Å²) in [6.45, 7) is 10.5. The minimum atomic E-state index is -0.200. The molecule has 0 N–H and O–H groups in total. The van der Waals surface area contributed by atoms with Gasteiger partial charge in [-0.1, -0.05) is 20.8 Å². The molecule has 0 aliphatic rings. The van der Waals surface area contributed by atoms with Crippen molar-refractivity contribution >= 4 is 10.5 Å². The fraction of sp³-hybridized carbons (Fsp3) is 1.00. The Labute approximate surface area is 66.4 Å². The maximum Gasteiger partial charge on any atom is 0.193 e. The molecule has 0 unspecified atom stereocenters. The zero-order chi connectivity index (χ0) is 8.41. The van der Waals surface area contributed by atoms with Crippen molar-refractivity contribution in [2.75, 3.05) is 0 Å². The van der Waals surface area contributed by atoms with Gasteiger partial charge in [0.1, 0.15) is 5.60 Å². The van der Waals surface area contributed by atoms with Crippen LogP contribution in [0.5, 0.6) is 0 Å². The molecule has 0 atom stereocenters. The highest BCUT2D eigenvalue weighted by atomic mass is 28.2. The summed E-state index contributed by atoms with van der Waals surface area (Å²) in [5.74, 6) is 0. The molecule has 0 aromatic carbocycles. The van der Waals surface area contributed by atoms with Crippen LogP contribution in [0.2, 0.25) is 0 Å². The van der Waals surface area contributed by atoms with Crippen LogP contribution in [0.4, 0.5) is 0 Å². The maximum absolute atomic E-state index is 5.16. The van der Waals surface area contributed by atoms with Crippen molar-refractivity contribution < 1.29 is 9.46 Å². The van der Waals surface area contributed by atoms with E-state index in [0.29, 0.717) is 10.5 Å². The van der Waals surface area contributed by atoms with Crippen LogP contribution in [0.3, 0.4) is 0 Å². The van der Waals surface area contributed by atoms with E-state index in [1.165, 1.54) is 0 Å². The molecule has 0 heterocycles. The van der Waals surface area contributed by atoms with Crippen LogP contribution in [0.15, 0.2) is 0 Å². The summed E-state index contributed by atoms with van der Waals surface area (Å²) in [7, 11) is 0.631. The second kappa shape index (κ2) is 3.03. The summed E-state index contributed by atoms with van der Waals surface area (Å²) < 4.78 is 4.77. The Morgan fingerprint density at radius 3 is 1.50 bits per heavy atom. The lowest BCUT2D eigenvalue weighted by Gasteiger charge is -2.36. The molecule has 0 amide bonds. The molecule has 0 rings (SSSR count). The van der Waals surface area contributed by atoms with Gasteiger partial charge in [-0.15, -0.1) is 0 Å². The van der Waals surface area contributed by atoms with Gasteiger partial charge in [-0.3, -0.25) is 4.58 Å². The van der Waals surface area contributed by atoms with Gasteiger partial charge in [0, 0.05) is 0 Å². The van der Waals surface area contributed by atoms with Gasteiger partial charge in [-0.05, 0) is 19.3 Å². The fourth-order valence-electron chi connectivity index (χ4n) is 0.333. The summed E-state index contributed by atoms with van der Waals surface area (Å²) in [6.07, 6.45) is 0. The Morgan fingerprint density at radius 1 is 1.00 bits per heavy atom. The average Bonchev–Trinajstić information content (AvgIpc) is 1.61. The topological polar surface area (TPSA) is 18.5 Å². The smallest absolute Gasteiger partial charge is 0.193 e. The van der Waals surface area contributed by atoms with Crippen LogP contribution >= 0.6 is 0 Å². The highest BCUT2D eigenvalue weighted by Crippen LogP contribution is 2.32. The Bertz CT molecular complexity index is 105. The molecule has 0 radical (unpaired) electrons. The van der Waals surface area contributed by atoms with E-state index >= 15 is 0 Å². The van der Waals surface area contributed by atoms with Crippen molar-refractivity contribution in [3.8, 4) is 0 Å². The van der Waals surface area contributed by atoms with Crippen LogP contribution in [0, 0.1) is 5.41 Å². The van der Waals surface area contributed by atoms with E-state index in [0.717, 1.165) is 0 Å². The van der Waals surface area contributed by atoms with Crippen LogP contribution in [0.1, 0.15) is 34.6 Å². The number of rotatable bonds is 2. The molecule has 0 spiro atoms. The molecule has 0 aromatic rings. The molecule has 10 heavy (non-hydrogen) atoms. The van der Waals surface area contributed by atoms with Crippen molar-refractivity contribution in [1.82, 2.24) is 0 Å². The van der Waals surface area contributed by atoms with Gasteiger partial charge in [0.25, 0.3) is 0 Å². The quantitative estimate of drug-likeness (QED) is 0.343. The fourth-order valence-corrected chi connectivity index (χ4v) is 0.750. The van der Waals surface area contributed by atoms with E-state index in [2.05, 4.69) is 20.8 Å².